The number of hydrogen-bond donors (Lipinski definition) is 2. The topological polar surface area (TPSA) is 166 Å². The van der Waals surface area contributed by atoms with Crippen LogP contribution < -0.4 is 25.2 Å². The molecule has 4 amide bonds. The number of nitrogens with zero attached hydrogens (tertiary/aromatic N) is 5. The summed E-state index contributed by atoms with van der Waals surface area (Å²) in [4.78, 5) is 64.3. The summed E-state index contributed by atoms with van der Waals surface area (Å²) in [5.74, 6) is -0.281. The zero-order valence-corrected chi connectivity index (χ0v) is 41.3. The van der Waals surface area contributed by atoms with E-state index in [0.717, 1.165) is 58.0 Å². The third-order valence-electron chi connectivity index (χ3n) is 12.0. The lowest BCUT2D eigenvalue weighted by atomic mass is 9.85. The van der Waals surface area contributed by atoms with Crippen molar-refractivity contribution in [2.75, 3.05) is 49.4 Å². The number of thiazole rings is 1. The Morgan fingerprint density at radius 3 is 2.30 bits per heavy atom. The standard InChI is InChI=1S/C51H63N7O7S2/c1-34-29-40(19-18-38(34)30-52)57-48(62)51(6,7)58(49(57)66)39-20-22-41(23-21-39)65-28-10-8-9-25-63-26-12-27-64-32-43(59)55-45(50(3,4)5)47(61)56-24-11-13-42(56)46(60)53-31-36-14-16-37(17-15-36)44-35(2)54-33-67-44/h14-23,29,33,42,45H,8-13,24-28,31-32H2,1-7H3,(H,53,60)(H,55,59)/t42-,45?/m0/s1. The maximum absolute atomic E-state index is 13.9. The number of amides is 4. The van der Waals surface area contributed by atoms with Crippen molar-refractivity contribution in [3.63, 3.8) is 0 Å². The summed E-state index contributed by atoms with van der Waals surface area (Å²) in [6.45, 7) is 15.8. The fraction of sp³-hybridized carbons (Fsp3) is 0.471. The van der Waals surface area contributed by atoms with Crippen molar-refractivity contribution in [2.45, 2.75) is 111 Å². The third kappa shape index (κ3) is 12.6. The average molecular weight is 950 g/mol. The molecule has 4 aromatic rings. The van der Waals surface area contributed by atoms with Gasteiger partial charge in [-0.1, -0.05) is 45.0 Å². The van der Waals surface area contributed by atoms with Crippen LogP contribution in [0.5, 0.6) is 5.75 Å². The number of aromatic nitrogens is 1. The molecule has 16 heteroatoms. The average Bonchev–Trinajstić information content (AvgIpc) is 4.01. The fourth-order valence-corrected chi connectivity index (χ4v) is 9.58. The van der Waals surface area contributed by atoms with Crippen molar-refractivity contribution >= 4 is 63.7 Å². The molecule has 2 saturated heterocycles. The van der Waals surface area contributed by atoms with E-state index in [9.17, 15) is 24.4 Å². The first kappa shape index (κ1) is 50.7. The first-order valence-electron chi connectivity index (χ1n) is 23.0. The predicted octanol–water partition coefficient (Wildman–Crippen LogP) is 8.03. The van der Waals surface area contributed by atoms with Gasteiger partial charge in [-0.2, -0.15) is 5.26 Å². The molecule has 1 unspecified atom stereocenters. The van der Waals surface area contributed by atoms with Crippen molar-refractivity contribution in [2.24, 2.45) is 5.41 Å². The van der Waals surface area contributed by atoms with Crippen LogP contribution in [0, 0.1) is 30.6 Å². The van der Waals surface area contributed by atoms with Crippen molar-refractivity contribution in [1.29, 1.82) is 5.26 Å². The molecular formula is C51H63N7O7S2. The van der Waals surface area contributed by atoms with Crippen LogP contribution in [0.3, 0.4) is 0 Å². The Morgan fingerprint density at radius 2 is 1.63 bits per heavy atom. The van der Waals surface area contributed by atoms with Crippen LogP contribution >= 0.6 is 23.6 Å². The Kier molecular flexibility index (Phi) is 17.3. The monoisotopic (exact) mass is 949 g/mol. The van der Waals surface area contributed by atoms with Gasteiger partial charge in [0.1, 0.15) is 30.0 Å². The number of carbonyl (C=O) groups is 4. The molecule has 1 aromatic heterocycles. The number of likely N-dealkylation sites (tertiary alicyclic amines) is 1. The number of anilines is 2. The quantitative estimate of drug-likeness (QED) is 0.0614. The van der Waals surface area contributed by atoms with E-state index in [1.165, 1.54) is 4.90 Å². The third-order valence-corrected chi connectivity index (χ3v) is 13.4. The molecule has 0 spiro atoms. The second-order valence-electron chi connectivity index (χ2n) is 18.6. The molecular weight excluding hydrogens is 887 g/mol. The fourth-order valence-electron chi connectivity index (χ4n) is 8.24. The molecule has 0 aliphatic carbocycles. The Bertz CT molecular complexity index is 2420. The molecule has 2 fully saturated rings. The number of nitriles is 1. The van der Waals surface area contributed by atoms with Crippen molar-refractivity contribution < 1.29 is 33.4 Å². The summed E-state index contributed by atoms with van der Waals surface area (Å²) in [7, 11) is 0. The zero-order valence-electron chi connectivity index (χ0n) is 39.7. The first-order valence-corrected chi connectivity index (χ1v) is 24.2. The Labute approximate surface area is 404 Å². The van der Waals surface area contributed by atoms with Gasteiger partial charge in [0.25, 0.3) is 5.91 Å². The van der Waals surface area contributed by atoms with Crippen LogP contribution in [-0.2, 0) is 35.2 Å². The van der Waals surface area contributed by atoms with Crippen molar-refractivity contribution in [3.8, 4) is 22.3 Å². The van der Waals surface area contributed by atoms with Gasteiger partial charge in [-0.25, -0.2) is 4.98 Å². The van der Waals surface area contributed by atoms with E-state index in [1.807, 2.05) is 113 Å². The lowest BCUT2D eigenvalue weighted by Gasteiger charge is -2.35. The first-order chi connectivity index (χ1) is 32.0. The molecule has 356 valence electrons. The number of rotatable bonds is 21. The molecule has 14 nitrogen and oxygen atoms in total. The zero-order chi connectivity index (χ0) is 48.3. The SMILES string of the molecule is Cc1cc(N2C(=O)C(C)(C)N(c3ccc(OCCCCCOCCCOCC(=O)NC(C(=O)N4CCC[C@H]4C(=O)NCc4ccc(-c5scnc5C)cc4)C(C)(C)C)cc3)C2=S)ccc1C#N. The van der Waals surface area contributed by atoms with Gasteiger partial charge in [-0.3, -0.25) is 24.1 Å². The number of benzene rings is 3. The normalized spacial score (nSPS) is 16.3. The van der Waals surface area contributed by atoms with Gasteiger partial charge in [0, 0.05) is 38.6 Å². The Balaban J connectivity index is 0.831. The molecule has 0 bridgehead atoms. The Hall–Kier alpha value is -5.73. The van der Waals surface area contributed by atoms with Crippen LogP contribution in [-0.4, -0.2) is 95.8 Å². The number of hydrogen-bond acceptors (Lipinski definition) is 11. The largest absolute Gasteiger partial charge is 0.494 e. The predicted molar refractivity (Wildman–Crippen MR) is 265 cm³/mol. The minimum atomic E-state index is -0.910. The number of nitrogens with one attached hydrogen (secondary N) is 2. The van der Waals surface area contributed by atoms with Crippen LogP contribution in [0.2, 0.25) is 0 Å². The molecule has 2 N–H and O–H groups in total. The molecule has 0 saturated carbocycles. The van der Waals surface area contributed by atoms with E-state index >= 15 is 0 Å². The smallest absolute Gasteiger partial charge is 0.259 e. The van der Waals surface area contributed by atoms with Gasteiger partial charge in [0.05, 0.1) is 40.0 Å². The van der Waals surface area contributed by atoms with Gasteiger partial charge in [-0.05, 0) is 143 Å². The molecule has 0 radical (unpaired) electrons. The van der Waals surface area contributed by atoms with E-state index < -0.39 is 23.0 Å². The summed E-state index contributed by atoms with van der Waals surface area (Å²) in [6, 6.07) is 21.6. The molecule has 3 aromatic carbocycles. The van der Waals surface area contributed by atoms with Gasteiger partial charge >= 0.3 is 0 Å². The lowest BCUT2D eigenvalue weighted by molar-refractivity contribution is -0.144. The minimum Gasteiger partial charge on any atom is -0.494 e. The second-order valence-corrected chi connectivity index (χ2v) is 19.8. The number of carbonyl (C=O) groups excluding carboxylic acids is 4. The van der Waals surface area contributed by atoms with E-state index in [0.29, 0.717) is 75.1 Å². The van der Waals surface area contributed by atoms with Crippen molar-refractivity contribution in [3.05, 3.63) is 94.6 Å². The second kappa shape index (κ2) is 22.8. The molecule has 2 aliphatic rings. The summed E-state index contributed by atoms with van der Waals surface area (Å²) in [5.41, 5.74) is 6.11. The maximum atomic E-state index is 13.9. The summed E-state index contributed by atoms with van der Waals surface area (Å²) >= 11 is 7.41. The summed E-state index contributed by atoms with van der Waals surface area (Å²) < 4.78 is 17.4. The highest BCUT2D eigenvalue weighted by atomic mass is 32.1. The van der Waals surface area contributed by atoms with E-state index in [-0.39, 0.29) is 30.2 Å². The molecule has 2 atom stereocenters. The maximum Gasteiger partial charge on any atom is 0.259 e. The van der Waals surface area contributed by atoms with Gasteiger partial charge in [-0.15, -0.1) is 11.3 Å². The van der Waals surface area contributed by atoms with Crippen LogP contribution in [0.15, 0.2) is 72.2 Å². The number of ether oxygens (including phenoxy) is 3. The van der Waals surface area contributed by atoms with E-state index in [2.05, 4.69) is 21.7 Å². The van der Waals surface area contributed by atoms with Crippen molar-refractivity contribution in [1.82, 2.24) is 20.5 Å². The molecule has 67 heavy (non-hydrogen) atoms. The highest BCUT2D eigenvalue weighted by molar-refractivity contribution is 7.81. The van der Waals surface area contributed by atoms with Crippen LogP contribution in [0.1, 0.15) is 95.5 Å². The van der Waals surface area contributed by atoms with Gasteiger partial charge in [0.2, 0.25) is 17.7 Å². The van der Waals surface area contributed by atoms with Gasteiger partial charge in [0.15, 0.2) is 5.11 Å². The van der Waals surface area contributed by atoms with E-state index in [4.69, 9.17) is 26.4 Å². The van der Waals surface area contributed by atoms with E-state index in [1.54, 1.807) is 28.4 Å². The molecule has 2 aliphatic heterocycles. The summed E-state index contributed by atoms with van der Waals surface area (Å²) in [6.07, 6.45) is 4.55. The highest BCUT2D eigenvalue weighted by Gasteiger charge is 2.50. The minimum absolute atomic E-state index is 0.144. The van der Waals surface area contributed by atoms with Crippen LogP contribution in [0.25, 0.3) is 10.4 Å². The Morgan fingerprint density at radius 1 is 0.940 bits per heavy atom. The molecule has 3 heterocycles. The highest BCUT2D eigenvalue weighted by Crippen LogP contribution is 2.37. The lowest BCUT2D eigenvalue weighted by Crippen LogP contribution is -2.58. The van der Waals surface area contributed by atoms with Crippen LogP contribution in [0.4, 0.5) is 11.4 Å². The number of aryl methyl sites for hydroxylation is 2. The number of unbranched alkanes of at least 4 members (excludes halogenated alkanes) is 2. The summed E-state index contributed by atoms with van der Waals surface area (Å²) in [5, 5.41) is 15.6. The number of thiocarbonyl (C=S) groups is 1. The van der Waals surface area contributed by atoms with Gasteiger partial charge < -0.3 is 34.6 Å². The molecule has 6 rings (SSSR count).